The summed E-state index contributed by atoms with van der Waals surface area (Å²) in [4.78, 5) is 7.11. The van der Waals surface area contributed by atoms with Crippen LogP contribution in [0.4, 0.5) is 0 Å². The van der Waals surface area contributed by atoms with Gasteiger partial charge in [0.25, 0.3) is 0 Å². The number of halogens is 1. The van der Waals surface area contributed by atoms with Crippen molar-refractivity contribution in [3.8, 4) is 0 Å². The topological polar surface area (TPSA) is 71.0 Å². The van der Waals surface area contributed by atoms with Gasteiger partial charge in [-0.25, -0.2) is 4.99 Å². The number of rotatable bonds is 0. The molecule has 2 unspecified atom stereocenters. The predicted octanol–water partition coefficient (Wildman–Crippen LogP) is -0.689. The van der Waals surface area contributed by atoms with Crippen LogP contribution >= 0.6 is 11.6 Å². The van der Waals surface area contributed by atoms with Gasteiger partial charge in [0.2, 0.25) is 0 Å². The molecule has 5 heteroatoms. The van der Waals surface area contributed by atoms with Crippen LogP contribution < -0.4 is 5.73 Å². The first-order valence-corrected chi connectivity index (χ1v) is 2.78. The molecule has 0 bridgehead atoms. The lowest BCUT2D eigenvalue weighted by atomic mass is 10.3. The van der Waals surface area contributed by atoms with Gasteiger partial charge in [0, 0.05) is 0 Å². The van der Waals surface area contributed by atoms with Crippen LogP contribution in [-0.4, -0.2) is 28.9 Å². The molecule has 1 aliphatic rings. The predicted molar refractivity (Wildman–Crippen MR) is 35.8 cm³/mol. The standard InChI is InChI=1S/C4H6ClN3O/c5-3-2(9)4(6)8-1-7-3/h1-2,4,9H,6H2. The van der Waals surface area contributed by atoms with Crippen LogP contribution in [0.1, 0.15) is 0 Å². The molecule has 0 amide bonds. The fourth-order valence-corrected chi connectivity index (χ4v) is 0.637. The summed E-state index contributed by atoms with van der Waals surface area (Å²) in [6.07, 6.45) is -0.355. The van der Waals surface area contributed by atoms with E-state index < -0.39 is 12.3 Å². The Morgan fingerprint density at radius 3 is 2.89 bits per heavy atom. The van der Waals surface area contributed by atoms with E-state index in [-0.39, 0.29) is 5.17 Å². The molecule has 0 saturated carbocycles. The Morgan fingerprint density at radius 1 is 1.78 bits per heavy atom. The summed E-state index contributed by atoms with van der Waals surface area (Å²) >= 11 is 5.39. The molecule has 1 heterocycles. The summed E-state index contributed by atoms with van der Waals surface area (Å²) in [5.74, 6) is 0. The summed E-state index contributed by atoms with van der Waals surface area (Å²) in [6, 6.07) is 0. The monoisotopic (exact) mass is 147 g/mol. The van der Waals surface area contributed by atoms with E-state index in [2.05, 4.69) is 9.98 Å². The molecular formula is C4H6ClN3O. The van der Waals surface area contributed by atoms with Gasteiger partial charge >= 0.3 is 0 Å². The Bertz CT molecular complexity index is 167. The van der Waals surface area contributed by atoms with Gasteiger partial charge in [0.15, 0.2) is 0 Å². The smallest absolute Gasteiger partial charge is 0.142 e. The highest BCUT2D eigenvalue weighted by atomic mass is 35.5. The third kappa shape index (κ3) is 1.27. The normalized spacial score (nSPS) is 34.3. The maximum absolute atomic E-state index is 8.94. The second kappa shape index (κ2) is 2.43. The molecule has 0 aliphatic carbocycles. The SMILES string of the molecule is NC1N=CN=C(Cl)C1O. The minimum atomic E-state index is -0.934. The third-order valence-electron chi connectivity index (χ3n) is 0.987. The molecule has 2 atom stereocenters. The molecule has 0 fully saturated rings. The molecule has 4 nitrogen and oxygen atoms in total. The second-order valence-corrected chi connectivity index (χ2v) is 2.04. The summed E-state index contributed by atoms with van der Waals surface area (Å²) in [7, 11) is 0. The second-order valence-electron chi connectivity index (χ2n) is 1.65. The first kappa shape index (κ1) is 6.67. The average molecular weight is 148 g/mol. The van der Waals surface area contributed by atoms with Crippen LogP contribution in [0.15, 0.2) is 9.98 Å². The minimum absolute atomic E-state index is 0.0949. The summed E-state index contributed by atoms with van der Waals surface area (Å²) in [5.41, 5.74) is 5.26. The summed E-state index contributed by atoms with van der Waals surface area (Å²) < 4.78 is 0. The Morgan fingerprint density at radius 2 is 2.44 bits per heavy atom. The van der Waals surface area contributed by atoms with E-state index >= 15 is 0 Å². The lowest BCUT2D eigenvalue weighted by molar-refractivity contribution is 0.214. The van der Waals surface area contributed by atoms with E-state index in [9.17, 15) is 0 Å². The molecule has 0 spiro atoms. The fraction of sp³-hybridized carbons (Fsp3) is 0.500. The molecule has 1 aliphatic heterocycles. The van der Waals surface area contributed by atoms with Crippen molar-refractivity contribution in [2.75, 3.05) is 0 Å². The van der Waals surface area contributed by atoms with E-state index in [1.807, 2.05) is 0 Å². The lowest BCUT2D eigenvalue weighted by Crippen LogP contribution is -2.39. The fourth-order valence-electron chi connectivity index (χ4n) is 0.464. The molecule has 0 aromatic carbocycles. The highest BCUT2D eigenvalue weighted by Crippen LogP contribution is 2.03. The zero-order valence-electron chi connectivity index (χ0n) is 4.53. The van der Waals surface area contributed by atoms with Crippen molar-refractivity contribution >= 4 is 23.1 Å². The highest BCUT2D eigenvalue weighted by molar-refractivity contribution is 6.67. The average Bonchev–Trinajstić information content (AvgIpc) is 1.83. The zero-order valence-corrected chi connectivity index (χ0v) is 5.28. The maximum atomic E-state index is 8.94. The van der Waals surface area contributed by atoms with Gasteiger partial charge in [-0.15, -0.1) is 0 Å². The Hall–Kier alpha value is -0.450. The quantitative estimate of drug-likeness (QED) is 0.476. The molecule has 0 aromatic rings. The molecule has 0 aromatic heterocycles. The molecule has 9 heavy (non-hydrogen) atoms. The zero-order chi connectivity index (χ0) is 6.85. The Kier molecular flexibility index (Phi) is 1.80. The molecule has 1 rings (SSSR count). The first-order valence-electron chi connectivity index (χ1n) is 2.40. The van der Waals surface area contributed by atoms with E-state index in [1.165, 1.54) is 6.34 Å². The van der Waals surface area contributed by atoms with Crippen LogP contribution in [0.5, 0.6) is 0 Å². The van der Waals surface area contributed by atoms with E-state index in [0.29, 0.717) is 0 Å². The van der Waals surface area contributed by atoms with E-state index in [4.69, 9.17) is 22.4 Å². The Labute approximate surface area is 57.1 Å². The van der Waals surface area contributed by atoms with Gasteiger partial charge in [-0.05, 0) is 0 Å². The minimum Gasteiger partial charge on any atom is -0.382 e. The maximum Gasteiger partial charge on any atom is 0.142 e. The van der Waals surface area contributed by atoms with Gasteiger partial charge in [0.1, 0.15) is 23.8 Å². The highest BCUT2D eigenvalue weighted by Gasteiger charge is 2.20. The van der Waals surface area contributed by atoms with Crippen molar-refractivity contribution in [1.82, 2.24) is 0 Å². The Balaban J connectivity index is 2.73. The van der Waals surface area contributed by atoms with E-state index in [0.717, 1.165) is 0 Å². The van der Waals surface area contributed by atoms with E-state index in [1.54, 1.807) is 0 Å². The van der Waals surface area contributed by atoms with Crippen LogP contribution in [0.3, 0.4) is 0 Å². The van der Waals surface area contributed by atoms with Gasteiger partial charge in [-0.3, -0.25) is 4.99 Å². The van der Waals surface area contributed by atoms with Gasteiger partial charge in [-0.2, -0.15) is 0 Å². The number of nitrogens with two attached hydrogens (primary N) is 1. The van der Waals surface area contributed by atoms with Crippen molar-refractivity contribution in [1.29, 1.82) is 0 Å². The first-order chi connectivity index (χ1) is 4.22. The molecule has 50 valence electrons. The van der Waals surface area contributed by atoms with Crippen LogP contribution in [0, 0.1) is 0 Å². The lowest BCUT2D eigenvalue weighted by Gasteiger charge is -2.14. The number of aliphatic hydroxyl groups is 1. The van der Waals surface area contributed by atoms with Gasteiger partial charge in [0.05, 0.1) is 0 Å². The van der Waals surface area contributed by atoms with Crippen molar-refractivity contribution in [3.63, 3.8) is 0 Å². The van der Waals surface area contributed by atoms with Gasteiger partial charge in [-0.1, -0.05) is 11.6 Å². The van der Waals surface area contributed by atoms with Crippen LogP contribution in [-0.2, 0) is 0 Å². The largest absolute Gasteiger partial charge is 0.382 e. The van der Waals surface area contributed by atoms with Gasteiger partial charge < -0.3 is 10.8 Å². The van der Waals surface area contributed by atoms with Crippen molar-refractivity contribution < 1.29 is 5.11 Å². The van der Waals surface area contributed by atoms with Crippen LogP contribution in [0.25, 0.3) is 0 Å². The third-order valence-corrected chi connectivity index (χ3v) is 1.31. The van der Waals surface area contributed by atoms with Crippen molar-refractivity contribution in [3.05, 3.63) is 0 Å². The number of aliphatic hydroxyl groups excluding tert-OH is 1. The summed E-state index contributed by atoms with van der Waals surface area (Å²) in [6.45, 7) is 0. The van der Waals surface area contributed by atoms with Crippen molar-refractivity contribution in [2.24, 2.45) is 15.7 Å². The molecule has 0 saturated heterocycles. The number of aliphatic imine (C=N–C) groups is 2. The number of nitrogens with zero attached hydrogens (tertiary/aromatic N) is 2. The molecule has 3 N–H and O–H groups in total. The molecular weight excluding hydrogens is 142 g/mol. The van der Waals surface area contributed by atoms with Crippen LogP contribution in [0.2, 0.25) is 0 Å². The summed E-state index contributed by atoms with van der Waals surface area (Å²) in [5, 5.41) is 9.04. The number of hydrogen-bond acceptors (Lipinski definition) is 4. The molecule has 0 radical (unpaired) electrons. The number of hydrogen-bond donors (Lipinski definition) is 2. The van der Waals surface area contributed by atoms with Crippen molar-refractivity contribution in [2.45, 2.75) is 12.3 Å².